The van der Waals surface area contributed by atoms with E-state index in [1.165, 1.54) is 44.8 Å². The first-order valence-corrected chi connectivity index (χ1v) is 8.71. The third kappa shape index (κ3) is 3.28. The van der Waals surface area contributed by atoms with Crippen molar-refractivity contribution in [1.82, 2.24) is 4.90 Å². The number of furan rings is 1. The molecule has 0 atom stereocenters. The Kier molecular flexibility index (Phi) is 4.89. The zero-order valence-corrected chi connectivity index (χ0v) is 13.3. The van der Waals surface area contributed by atoms with Gasteiger partial charge in [-0.3, -0.25) is 4.79 Å². The van der Waals surface area contributed by atoms with E-state index in [0.29, 0.717) is 17.6 Å². The number of hydrogen-bond donors (Lipinski definition) is 0. The summed E-state index contributed by atoms with van der Waals surface area (Å²) in [5.74, 6) is 0.0764. The van der Waals surface area contributed by atoms with Crippen LogP contribution in [0.1, 0.15) is 74.6 Å². The second-order valence-corrected chi connectivity index (χ2v) is 6.75. The normalized spacial score (nSPS) is 21.4. The van der Waals surface area contributed by atoms with Crippen LogP contribution < -0.4 is 0 Å². The van der Waals surface area contributed by atoms with Crippen LogP contribution in [-0.2, 0) is 0 Å². The molecule has 0 unspecified atom stereocenters. The lowest BCUT2D eigenvalue weighted by Gasteiger charge is -2.41. The van der Waals surface area contributed by atoms with Gasteiger partial charge in [0.05, 0.1) is 11.8 Å². The summed E-state index contributed by atoms with van der Waals surface area (Å²) in [6.07, 6.45) is 13.6. The Morgan fingerprint density at radius 2 is 1.52 bits per heavy atom. The summed E-state index contributed by atoms with van der Waals surface area (Å²) in [4.78, 5) is 15.2. The van der Waals surface area contributed by atoms with E-state index in [4.69, 9.17) is 16.0 Å². The number of amides is 1. The van der Waals surface area contributed by atoms with Crippen LogP contribution in [-0.4, -0.2) is 22.9 Å². The molecule has 0 aliphatic heterocycles. The Bertz CT molecular complexity index is 455. The summed E-state index contributed by atoms with van der Waals surface area (Å²) < 4.78 is 5.13. The minimum absolute atomic E-state index is 0.0764. The van der Waals surface area contributed by atoms with Gasteiger partial charge in [0.1, 0.15) is 0 Å². The standard InChI is InChI=1S/C17H24ClNO2/c18-16-15(11-12-21-16)17(20)19(13-7-3-1-4-8-13)14-9-5-2-6-10-14/h11-14H,1-10H2. The maximum Gasteiger partial charge on any atom is 0.259 e. The van der Waals surface area contributed by atoms with Gasteiger partial charge in [-0.05, 0) is 43.4 Å². The third-order valence-electron chi connectivity index (χ3n) is 5.02. The van der Waals surface area contributed by atoms with Gasteiger partial charge in [0.15, 0.2) is 0 Å². The van der Waals surface area contributed by atoms with Gasteiger partial charge < -0.3 is 9.32 Å². The number of hydrogen-bond acceptors (Lipinski definition) is 2. The lowest BCUT2D eigenvalue weighted by atomic mass is 9.88. The number of carbonyl (C=O) groups is 1. The molecule has 2 fully saturated rings. The molecular formula is C17H24ClNO2. The number of rotatable bonds is 3. The first-order valence-electron chi connectivity index (χ1n) is 8.33. The molecule has 0 aromatic carbocycles. The van der Waals surface area contributed by atoms with Crippen LogP contribution in [0.25, 0.3) is 0 Å². The summed E-state index contributed by atoms with van der Waals surface area (Å²) >= 11 is 6.04. The van der Waals surface area contributed by atoms with Crippen LogP contribution in [0, 0.1) is 0 Å². The van der Waals surface area contributed by atoms with E-state index in [1.54, 1.807) is 6.07 Å². The summed E-state index contributed by atoms with van der Waals surface area (Å²) in [6.45, 7) is 0. The number of halogens is 1. The fourth-order valence-corrected chi connectivity index (χ4v) is 4.13. The molecule has 0 spiro atoms. The zero-order valence-electron chi connectivity index (χ0n) is 12.5. The molecule has 0 N–H and O–H groups in total. The van der Waals surface area contributed by atoms with E-state index in [0.717, 1.165) is 25.7 Å². The molecule has 2 saturated carbocycles. The number of nitrogens with zero attached hydrogens (tertiary/aromatic N) is 1. The Morgan fingerprint density at radius 1 is 1.00 bits per heavy atom. The van der Waals surface area contributed by atoms with Crippen LogP contribution in [0.5, 0.6) is 0 Å². The molecule has 0 saturated heterocycles. The minimum Gasteiger partial charge on any atom is -0.452 e. The summed E-state index contributed by atoms with van der Waals surface area (Å²) in [7, 11) is 0. The molecule has 2 aliphatic carbocycles. The van der Waals surface area contributed by atoms with Crippen molar-refractivity contribution in [3.63, 3.8) is 0 Å². The van der Waals surface area contributed by atoms with E-state index < -0.39 is 0 Å². The van der Waals surface area contributed by atoms with E-state index in [2.05, 4.69) is 4.90 Å². The molecule has 0 radical (unpaired) electrons. The van der Waals surface area contributed by atoms with Crippen molar-refractivity contribution in [2.75, 3.05) is 0 Å². The Balaban J connectivity index is 1.83. The molecule has 21 heavy (non-hydrogen) atoms. The van der Waals surface area contributed by atoms with Gasteiger partial charge in [-0.1, -0.05) is 38.5 Å². The topological polar surface area (TPSA) is 33.5 Å². The first-order chi connectivity index (χ1) is 10.3. The fraction of sp³-hybridized carbons (Fsp3) is 0.706. The Morgan fingerprint density at radius 3 is 1.95 bits per heavy atom. The van der Waals surface area contributed by atoms with Crippen LogP contribution in [0.3, 0.4) is 0 Å². The first kappa shape index (κ1) is 15.0. The van der Waals surface area contributed by atoms with Crippen LogP contribution in [0.15, 0.2) is 16.7 Å². The second-order valence-electron chi connectivity index (χ2n) is 6.40. The van der Waals surface area contributed by atoms with Gasteiger partial charge in [0, 0.05) is 12.1 Å². The predicted octanol–water partition coefficient (Wildman–Crippen LogP) is 5.04. The summed E-state index contributed by atoms with van der Waals surface area (Å²) in [6, 6.07) is 2.49. The van der Waals surface area contributed by atoms with E-state index >= 15 is 0 Å². The zero-order chi connectivity index (χ0) is 14.7. The summed E-state index contributed by atoms with van der Waals surface area (Å²) in [5, 5.41) is 0.233. The molecule has 1 amide bonds. The van der Waals surface area contributed by atoms with Crippen LogP contribution in [0.2, 0.25) is 5.22 Å². The molecule has 1 heterocycles. The molecule has 2 aliphatic rings. The van der Waals surface area contributed by atoms with E-state index in [-0.39, 0.29) is 11.1 Å². The highest BCUT2D eigenvalue weighted by atomic mass is 35.5. The molecule has 4 heteroatoms. The Labute approximate surface area is 131 Å². The highest BCUT2D eigenvalue weighted by Crippen LogP contribution is 2.32. The monoisotopic (exact) mass is 309 g/mol. The van der Waals surface area contributed by atoms with Gasteiger partial charge in [-0.15, -0.1) is 0 Å². The quantitative estimate of drug-likeness (QED) is 0.783. The van der Waals surface area contributed by atoms with E-state index in [9.17, 15) is 4.79 Å². The predicted molar refractivity (Wildman–Crippen MR) is 83.6 cm³/mol. The molecular weight excluding hydrogens is 286 g/mol. The lowest BCUT2D eigenvalue weighted by molar-refractivity contribution is 0.0448. The Hall–Kier alpha value is -0.960. The van der Waals surface area contributed by atoms with Crippen molar-refractivity contribution in [2.45, 2.75) is 76.3 Å². The van der Waals surface area contributed by atoms with Gasteiger partial charge in [0.25, 0.3) is 5.91 Å². The van der Waals surface area contributed by atoms with Crippen molar-refractivity contribution in [1.29, 1.82) is 0 Å². The number of carbonyl (C=O) groups excluding carboxylic acids is 1. The SMILES string of the molecule is O=C(c1ccoc1Cl)N(C1CCCCC1)C1CCCCC1. The van der Waals surface area contributed by atoms with E-state index in [1.807, 2.05) is 0 Å². The van der Waals surface area contributed by atoms with Gasteiger partial charge in [-0.25, -0.2) is 0 Å². The maximum absolute atomic E-state index is 13.0. The summed E-state index contributed by atoms with van der Waals surface area (Å²) in [5.41, 5.74) is 0.535. The van der Waals surface area contributed by atoms with Gasteiger partial charge >= 0.3 is 0 Å². The van der Waals surface area contributed by atoms with Crippen molar-refractivity contribution in [3.8, 4) is 0 Å². The van der Waals surface area contributed by atoms with Crippen molar-refractivity contribution >= 4 is 17.5 Å². The molecule has 3 nitrogen and oxygen atoms in total. The van der Waals surface area contributed by atoms with Crippen molar-refractivity contribution < 1.29 is 9.21 Å². The molecule has 0 bridgehead atoms. The van der Waals surface area contributed by atoms with Gasteiger partial charge in [-0.2, -0.15) is 0 Å². The van der Waals surface area contributed by atoms with Crippen LogP contribution in [0.4, 0.5) is 0 Å². The highest BCUT2D eigenvalue weighted by molar-refractivity contribution is 6.32. The molecule has 1 aromatic heterocycles. The smallest absolute Gasteiger partial charge is 0.259 e. The van der Waals surface area contributed by atoms with Crippen molar-refractivity contribution in [3.05, 3.63) is 23.1 Å². The molecule has 3 rings (SSSR count). The molecule has 1 aromatic rings. The highest BCUT2D eigenvalue weighted by Gasteiger charge is 2.34. The van der Waals surface area contributed by atoms with Crippen molar-refractivity contribution in [2.24, 2.45) is 0 Å². The lowest BCUT2D eigenvalue weighted by Crippen LogP contribution is -2.48. The van der Waals surface area contributed by atoms with Crippen LogP contribution >= 0.6 is 11.6 Å². The largest absolute Gasteiger partial charge is 0.452 e. The minimum atomic E-state index is 0.0764. The average Bonchev–Trinajstić information content (AvgIpc) is 2.96. The third-order valence-corrected chi connectivity index (χ3v) is 5.31. The maximum atomic E-state index is 13.0. The second kappa shape index (κ2) is 6.87. The van der Waals surface area contributed by atoms with Gasteiger partial charge in [0.2, 0.25) is 5.22 Å². The average molecular weight is 310 g/mol. The fourth-order valence-electron chi connectivity index (χ4n) is 3.93. The molecule has 116 valence electrons.